The van der Waals surface area contributed by atoms with Crippen molar-refractivity contribution >= 4 is 22.9 Å². The summed E-state index contributed by atoms with van der Waals surface area (Å²) in [5.74, 6) is 0.226. The Hall–Kier alpha value is -2.30. The van der Waals surface area contributed by atoms with Gasteiger partial charge in [0.1, 0.15) is 0 Å². The van der Waals surface area contributed by atoms with Gasteiger partial charge in [-0.3, -0.25) is 4.79 Å². The molecule has 22 heavy (non-hydrogen) atoms. The van der Waals surface area contributed by atoms with Crippen molar-refractivity contribution < 1.29 is 14.7 Å². The minimum atomic E-state index is -1.15. The van der Waals surface area contributed by atoms with E-state index in [4.69, 9.17) is 5.11 Å². The number of carboxylic acid groups (broad SMARTS) is 1. The maximum Gasteiger partial charge on any atom is 0.414 e. The van der Waals surface area contributed by atoms with Crippen molar-refractivity contribution in [2.24, 2.45) is 0 Å². The summed E-state index contributed by atoms with van der Waals surface area (Å²) in [5, 5.41) is 10.2. The molecule has 2 heterocycles. The molecule has 2 amide bonds. The Bertz CT molecular complexity index is 733. The van der Waals surface area contributed by atoms with Gasteiger partial charge in [-0.05, 0) is 41.5 Å². The number of carbonyl (C=O) groups excluding carboxylic acids is 1. The zero-order valence-corrected chi connectivity index (χ0v) is 12.8. The summed E-state index contributed by atoms with van der Waals surface area (Å²) in [6.07, 6.45) is 1.84. The van der Waals surface area contributed by atoms with Crippen LogP contribution in [0.3, 0.4) is 0 Å². The van der Waals surface area contributed by atoms with E-state index in [9.17, 15) is 9.59 Å². The highest BCUT2D eigenvalue weighted by Crippen LogP contribution is 2.33. The number of rotatable bonds is 2. The van der Waals surface area contributed by atoms with E-state index in [2.05, 4.69) is 24.9 Å². The van der Waals surface area contributed by atoms with E-state index in [-0.39, 0.29) is 24.8 Å². The van der Waals surface area contributed by atoms with Gasteiger partial charge in [0.15, 0.2) is 0 Å². The number of aromatic amines is 1. The molecule has 0 saturated carbocycles. The van der Waals surface area contributed by atoms with Crippen LogP contribution in [0.1, 0.15) is 49.7 Å². The Balaban J connectivity index is 1.89. The maximum atomic E-state index is 11.9. The molecule has 1 aliphatic heterocycles. The summed E-state index contributed by atoms with van der Waals surface area (Å²) in [7, 11) is 0. The molecule has 2 aromatic rings. The van der Waals surface area contributed by atoms with Gasteiger partial charge in [-0.2, -0.15) is 0 Å². The quantitative estimate of drug-likeness (QED) is 0.888. The molecule has 116 valence electrons. The van der Waals surface area contributed by atoms with E-state index in [1.807, 2.05) is 18.3 Å². The molecule has 1 unspecified atom stereocenters. The van der Waals surface area contributed by atoms with Crippen LogP contribution in [0.2, 0.25) is 0 Å². The van der Waals surface area contributed by atoms with Crippen LogP contribution in [0.5, 0.6) is 0 Å². The zero-order chi connectivity index (χ0) is 15.9. The van der Waals surface area contributed by atoms with Crippen molar-refractivity contribution in [3.63, 3.8) is 0 Å². The molecule has 1 atom stereocenters. The first-order valence-corrected chi connectivity index (χ1v) is 7.61. The van der Waals surface area contributed by atoms with E-state index < -0.39 is 6.09 Å². The summed E-state index contributed by atoms with van der Waals surface area (Å²) in [4.78, 5) is 27.1. The molecule has 5 nitrogen and oxygen atoms in total. The molecule has 0 spiro atoms. The summed E-state index contributed by atoms with van der Waals surface area (Å²) in [6.45, 7) is 4.59. The van der Waals surface area contributed by atoms with Crippen LogP contribution in [0, 0.1) is 0 Å². The smallest absolute Gasteiger partial charge is 0.414 e. The summed E-state index contributed by atoms with van der Waals surface area (Å²) < 4.78 is 0. The van der Waals surface area contributed by atoms with Crippen LogP contribution < -0.4 is 0 Å². The number of hydrogen-bond acceptors (Lipinski definition) is 2. The zero-order valence-electron chi connectivity index (χ0n) is 12.8. The fraction of sp³-hybridized carbons (Fsp3) is 0.412. The van der Waals surface area contributed by atoms with Crippen molar-refractivity contribution in [3.8, 4) is 0 Å². The molecule has 2 N–H and O–H groups in total. The standard InChI is InChI=1S/C17H20N2O3/c1-10(2)14-9-18-15-4-3-11(7-13(14)15)12-5-6-19(17(21)22)16(20)8-12/h3-4,7,9-10,12,18H,5-6,8H2,1-2H3,(H,21,22). The number of likely N-dealkylation sites (tertiary alicyclic amines) is 1. The van der Waals surface area contributed by atoms with Crippen LogP contribution in [-0.4, -0.2) is 33.5 Å². The number of aromatic nitrogens is 1. The second kappa shape index (κ2) is 5.48. The lowest BCUT2D eigenvalue weighted by Crippen LogP contribution is -2.41. The van der Waals surface area contributed by atoms with Gasteiger partial charge in [0.05, 0.1) is 0 Å². The summed E-state index contributed by atoms with van der Waals surface area (Å²) in [6, 6.07) is 6.23. The maximum absolute atomic E-state index is 11.9. The first-order chi connectivity index (χ1) is 10.5. The third kappa shape index (κ3) is 2.47. The number of imide groups is 1. The number of amides is 2. The highest BCUT2D eigenvalue weighted by Gasteiger charge is 2.30. The Morgan fingerprint density at radius 2 is 2.18 bits per heavy atom. The van der Waals surface area contributed by atoms with Gasteiger partial charge >= 0.3 is 6.09 Å². The number of piperidine rings is 1. The molecule has 1 fully saturated rings. The number of benzene rings is 1. The number of fused-ring (bicyclic) bond motifs is 1. The predicted octanol–water partition coefficient (Wildman–Crippen LogP) is 3.68. The van der Waals surface area contributed by atoms with Crippen molar-refractivity contribution in [3.05, 3.63) is 35.5 Å². The number of H-pyrrole nitrogens is 1. The molecular weight excluding hydrogens is 280 g/mol. The number of nitrogens with one attached hydrogen (secondary N) is 1. The largest absolute Gasteiger partial charge is 0.465 e. The van der Waals surface area contributed by atoms with Crippen LogP contribution in [0.15, 0.2) is 24.4 Å². The molecule has 3 rings (SSSR count). The highest BCUT2D eigenvalue weighted by molar-refractivity contribution is 5.92. The highest BCUT2D eigenvalue weighted by atomic mass is 16.4. The fourth-order valence-corrected chi connectivity index (χ4v) is 3.21. The van der Waals surface area contributed by atoms with E-state index in [1.54, 1.807) is 0 Å². The van der Waals surface area contributed by atoms with E-state index in [1.165, 1.54) is 10.9 Å². The molecule has 0 bridgehead atoms. The minimum absolute atomic E-state index is 0.0995. The SMILES string of the molecule is CC(C)c1c[nH]c2ccc(C3CCN(C(=O)O)C(=O)C3)cc12. The molecule has 5 heteroatoms. The molecule has 0 aliphatic carbocycles. The molecule has 1 saturated heterocycles. The average molecular weight is 300 g/mol. The lowest BCUT2D eigenvalue weighted by atomic mass is 9.88. The number of carbonyl (C=O) groups is 2. The molecule has 1 aliphatic rings. The molecule has 1 aromatic heterocycles. The second-order valence-electron chi connectivity index (χ2n) is 6.22. The van der Waals surface area contributed by atoms with E-state index in [0.29, 0.717) is 12.3 Å². The first-order valence-electron chi connectivity index (χ1n) is 7.61. The van der Waals surface area contributed by atoms with Crippen molar-refractivity contribution in [2.75, 3.05) is 6.54 Å². The third-order valence-electron chi connectivity index (χ3n) is 4.49. The van der Waals surface area contributed by atoms with Gasteiger partial charge < -0.3 is 10.1 Å². The van der Waals surface area contributed by atoms with Crippen LogP contribution in [0.25, 0.3) is 10.9 Å². The molecular formula is C17H20N2O3. The average Bonchev–Trinajstić information content (AvgIpc) is 2.89. The van der Waals surface area contributed by atoms with E-state index in [0.717, 1.165) is 16.0 Å². The lowest BCUT2D eigenvalue weighted by Gasteiger charge is -2.28. The molecule has 1 aromatic carbocycles. The summed E-state index contributed by atoms with van der Waals surface area (Å²) in [5.41, 5.74) is 3.49. The lowest BCUT2D eigenvalue weighted by molar-refractivity contribution is -0.131. The first kappa shape index (κ1) is 14.6. The monoisotopic (exact) mass is 300 g/mol. The van der Waals surface area contributed by atoms with E-state index >= 15 is 0 Å². The van der Waals surface area contributed by atoms with Crippen molar-refractivity contribution in [2.45, 2.75) is 38.5 Å². The second-order valence-corrected chi connectivity index (χ2v) is 6.22. The van der Waals surface area contributed by atoms with Crippen LogP contribution >= 0.6 is 0 Å². The van der Waals surface area contributed by atoms with Gasteiger partial charge in [-0.15, -0.1) is 0 Å². The summed E-state index contributed by atoms with van der Waals surface area (Å²) >= 11 is 0. The Kier molecular flexibility index (Phi) is 3.64. The predicted molar refractivity (Wildman–Crippen MR) is 84.1 cm³/mol. The Morgan fingerprint density at radius 1 is 1.41 bits per heavy atom. The van der Waals surface area contributed by atoms with Gasteiger partial charge in [0.25, 0.3) is 0 Å². The Labute approximate surface area is 128 Å². The fourth-order valence-electron chi connectivity index (χ4n) is 3.21. The Morgan fingerprint density at radius 3 is 2.82 bits per heavy atom. The van der Waals surface area contributed by atoms with Gasteiger partial charge in [-0.25, -0.2) is 9.69 Å². The number of nitrogens with zero attached hydrogens (tertiary/aromatic N) is 1. The molecule has 0 radical (unpaired) electrons. The van der Waals surface area contributed by atoms with Gasteiger partial charge in [0, 0.05) is 30.1 Å². The topological polar surface area (TPSA) is 73.4 Å². The third-order valence-corrected chi connectivity index (χ3v) is 4.49. The van der Waals surface area contributed by atoms with Crippen molar-refractivity contribution in [1.82, 2.24) is 9.88 Å². The van der Waals surface area contributed by atoms with Crippen LogP contribution in [-0.2, 0) is 4.79 Å². The van der Waals surface area contributed by atoms with Gasteiger partial charge in [0.2, 0.25) is 5.91 Å². The van der Waals surface area contributed by atoms with Crippen LogP contribution in [0.4, 0.5) is 4.79 Å². The normalized spacial score (nSPS) is 19.1. The van der Waals surface area contributed by atoms with Crippen molar-refractivity contribution in [1.29, 1.82) is 0 Å². The number of hydrogen-bond donors (Lipinski definition) is 2. The minimum Gasteiger partial charge on any atom is -0.465 e. The van der Waals surface area contributed by atoms with Gasteiger partial charge in [-0.1, -0.05) is 19.9 Å².